The fourth-order valence-corrected chi connectivity index (χ4v) is 4.05. The minimum Gasteiger partial charge on any atom is -0.481 e. The van der Waals surface area contributed by atoms with Gasteiger partial charge in [-0.05, 0) is 43.2 Å². The molecule has 9 heteroatoms. The molecule has 0 unspecified atom stereocenters. The average molecular weight is 561 g/mol. The lowest BCUT2D eigenvalue weighted by atomic mass is 10.0. The quantitative estimate of drug-likeness (QED) is 0.127. The number of unbranched alkanes of at least 4 members (excludes halogenated alkanes) is 12. The van der Waals surface area contributed by atoms with E-state index in [1.54, 1.807) is 31.2 Å². The first-order valence-electron chi connectivity index (χ1n) is 14.8. The highest BCUT2D eigenvalue weighted by atomic mass is 19.1. The highest BCUT2D eigenvalue weighted by molar-refractivity contribution is 5.88. The molecular formula is C31H49FN4O4. The van der Waals surface area contributed by atoms with Crippen molar-refractivity contribution in [1.29, 1.82) is 0 Å². The van der Waals surface area contributed by atoms with Crippen LogP contribution in [0.5, 0.6) is 0 Å². The maximum absolute atomic E-state index is 12.8. The molecule has 8 nitrogen and oxygen atoms in total. The predicted octanol–water partition coefficient (Wildman–Crippen LogP) is 8.54. The molecule has 1 heterocycles. The Bertz CT molecular complexity index is 957. The van der Waals surface area contributed by atoms with Crippen LogP contribution in [-0.4, -0.2) is 28.8 Å². The van der Waals surface area contributed by atoms with Crippen molar-refractivity contribution in [2.24, 2.45) is 0 Å². The van der Waals surface area contributed by atoms with Gasteiger partial charge in [-0.15, -0.1) is 0 Å². The Balaban J connectivity index is 0.000000410. The molecule has 0 aliphatic carbocycles. The van der Waals surface area contributed by atoms with Gasteiger partial charge in [-0.2, -0.15) is 0 Å². The lowest BCUT2D eigenvalue weighted by Crippen LogP contribution is -2.15. The number of aliphatic carboxylic acids is 1. The normalized spacial score (nSPS) is 10.4. The van der Waals surface area contributed by atoms with Crippen LogP contribution in [0.25, 0.3) is 0 Å². The third kappa shape index (κ3) is 18.0. The number of rotatable bonds is 19. The number of aromatic nitrogens is 1. The summed E-state index contributed by atoms with van der Waals surface area (Å²) in [6.45, 7) is 4.73. The Kier molecular flexibility index (Phi) is 19.5. The summed E-state index contributed by atoms with van der Waals surface area (Å²) in [6, 6.07) is 9.47. The van der Waals surface area contributed by atoms with E-state index < -0.39 is 12.1 Å². The van der Waals surface area contributed by atoms with Crippen LogP contribution in [-0.2, 0) is 16.1 Å². The minimum absolute atomic E-state index is 0.178. The summed E-state index contributed by atoms with van der Waals surface area (Å²) in [5, 5.41) is 14.1. The number of halogens is 1. The fraction of sp³-hybridized carbons (Fsp3) is 0.581. The zero-order chi connectivity index (χ0) is 29.4. The van der Waals surface area contributed by atoms with Crippen molar-refractivity contribution in [2.45, 2.75) is 110 Å². The Morgan fingerprint density at radius 2 is 1.40 bits per heavy atom. The number of nitrogens with one attached hydrogen (secondary N) is 2. The molecule has 0 aliphatic rings. The largest absolute Gasteiger partial charge is 0.481 e. The maximum atomic E-state index is 12.8. The van der Waals surface area contributed by atoms with E-state index in [0.29, 0.717) is 24.5 Å². The van der Waals surface area contributed by atoms with Gasteiger partial charge in [0.15, 0.2) is 0 Å². The van der Waals surface area contributed by atoms with E-state index in [1.807, 2.05) is 0 Å². The molecule has 0 fully saturated rings. The van der Waals surface area contributed by atoms with Crippen molar-refractivity contribution in [3.05, 3.63) is 47.8 Å². The van der Waals surface area contributed by atoms with Crippen molar-refractivity contribution < 1.29 is 23.8 Å². The van der Waals surface area contributed by atoms with E-state index in [-0.39, 0.29) is 18.2 Å². The van der Waals surface area contributed by atoms with Crippen molar-refractivity contribution >= 4 is 29.4 Å². The molecule has 224 valence electrons. The first-order chi connectivity index (χ1) is 19.3. The second-order valence-corrected chi connectivity index (χ2v) is 9.84. The number of amides is 1. The molecule has 2 rings (SSSR count). The fourth-order valence-electron chi connectivity index (χ4n) is 4.05. The number of benzene rings is 1. The number of hydrogen-bond acceptors (Lipinski definition) is 6. The van der Waals surface area contributed by atoms with Crippen LogP contribution in [0.1, 0.15) is 109 Å². The van der Waals surface area contributed by atoms with Crippen LogP contribution in [0.4, 0.5) is 26.5 Å². The summed E-state index contributed by atoms with van der Waals surface area (Å²) >= 11 is 0. The van der Waals surface area contributed by atoms with Gasteiger partial charge >= 0.3 is 12.1 Å². The zero-order valence-electron chi connectivity index (χ0n) is 24.4. The number of nitrogens with zero attached hydrogens (tertiary/aromatic N) is 1. The molecule has 1 amide bonds. The Hall–Kier alpha value is -3.36. The lowest BCUT2D eigenvalue weighted by molar-refractivity contribution is -0.137. The van der Waals surface area contributed by atoms with Crippen molar-refractivity contribution in [2.75, 3.05) is 23.0 Å². The Morgan fingerprint density at radius 1 is 0.850 bits per heavy atom. The number of carbonyl (C=O) groups excluding carboxylic acids is 1. The third-order valence-electron chi connectivity index (χ3n) is 6.32. The average Bonchev–Trinajstić information content (AvgIpc) is 2.93. The van der Waals surface area contributed by atoms with Crippen molar-refractivity contribution in [3.63, 3.8) is 0 Å². The second kappa shape index (κ2) is 22.5. The van der Waals surface area contributed by atoms with Gasteiger partial charge in [-0.3, -0.25) is 10.1 Å². The monoisotopic (exact) mass is 560 g/mol. The number of carboxylic acids is 1. The molecule has 0 bridgehead atoms. The molecule has 0 radical (unpaired) electrons. The minimum atomic E-state index is -0.655. The topological polar surface area (TPSA) is 127 Å². The molecule has 0 saturated heterocycles. The Labute approximate surface area is 239 Å². The highest BCUT2D eigenvalue weighted by Crippen LogP contribution is 2.19. The first kappa shape index (κ1) is 34.7. The number of anilines is 3. The van der Waals surface area contributed by atoms with Gasteiger partial charge in [-0.25, -0.2) is 14.2 Å². The van der Waals surface area contributed by atoms with Gasteiger partial charge in [0.1, 0.15) is 17.5 Å². The molecule has 40 heavy (non-hydrogen) atoms. The first-order valence-corrected chi connectivity index (χ1v) is 14.8. The van der Waals surface area contributed by atoms with E-state index in [4.69, 9.17) is 15.6 Å². The number of carbonyl (C=O) groups is 2. The maximum Gasteiger partial charge on any atom is 0.411 e. The summed E-state index contributed by atoms with van der Waals surface area (Å²) in [5.74, 6) is -0.202. The number of nitrogen functional groups attached to an aromatic ring is 1. The van der Waals surface area contributed by atoms with Gasteiger partial charge in [-0.1, -0.05) is 96.1 Å². The van der Waals surface area contributed by atoms with E-state index >= 15 is 0 Å². The van der Waals surface area contributed by atoms with E-state index in [2.05, 4.69) is 22.5 Å². The van der Waals surface area contributed by atoms with Gasteiger partial charge < -0.3 is 20.9 Å². The number of ether oxygens (including phenoxy) is 1. The molecule has 0 atom stereocenters. The summed E-state index contributed by atoms with van der Waals surface area (Å²) in [5.41, 5.74) is 7.08. The smallest absolute Gasteiger partial charge is 0.411 e. The summed E-state index contributed by atoms with van der Waals surface area (Å²) in [6.07, 6.45) is 16.7. The number of carboxylic acid groups (broad SMARTS) is 1. The van der Waals surface area contributed by atoms with Gasteiger partial charge in [0.05, 0.1) is 12.3 Å². The number of nitrogens with two attached hydrogens (primary N) is 1. The van der Waals surface area contributed by atoms with Gasteiger partial charge in [0.2, 0.25) is 0 Å². The summed E-state index contributed by atoms with van der Waals surface area (Å²) in [7, 11) is 0. The summed E-state index contributed by atoms with van der Waals surface area (Å²) in [4.78, 5) is 25.8. The van der Waals surface area contributed by atoms with E-state index in [9.17, 15) is 14.0 Å². The molecule has 0 spiro atoms. The van der Waals surface area contributed by atoms with Crippen LogP contribution in [0, 0.1) is 5.82 Å². The highest BCUT2D eigenvalue weighted by Gasteiger charge is 2.07. The molecule has 0 saturated carbocycles. The van der Waals surface area contributed by atoms with Gasteiger partial charge in [0.25, 0.3) is 0 Å². The van der Waals surface area contributed by atoms with E-state index in [0.717, 1.165) is 18.4 Å². The van der Waals surface area contributed by atoms with Crippen LogP contribution in [0.3, 0.4) is 0 Å². The molecule has 1 aromatic heterocycles. The molecule has 1 aromatic carbocycles. The third-order valence-corrected chi connectivity index (χ3v) is 6.32. The summed E-state index contributed by atoms with van der Waals surface area (Å²) < 4.78 is 17.6. The molecule has 0 aliphatic heterocycles. The lowest BCUT2D eigenvalue weighted by Gasteiger charge is -2.10. The van der Waals surface area contributed by atoms with Crippen molar-refractivity contribution in [1.82, 2.24) is 4.98 Å². The molecular weight excluding hydrogens is 511 g/mol. The molecule has 2 aromatic rings. The van der Waals surface area contributed by atoms with Crippen LogP contribution in [0.2, 0.25) is 0 Å². The van der Waals surface area contributed by atoms with Gasteiger partial charge in [0, 0.05) is 13.0 Å². The second-order valence-electron chi connectivity index (χ2n) is 9.84. The zero-order valence-corrected chi connectivity index (χ0v) is 24.4. The van der Waals surface area contributed by atoms with Crippen LogP contribution >= 0.6 is 0 Å². The van der Waals surface area contributed by atoms with E-state index in [1.165, 1.54) is 82.8 Å². The molecule has 5 N–H and O–H groups in total. The number of hydrogen-bond donors (Lipinski definition) is 4. The predicted molar refractivity (Wildman–Crippen MR) is 161 cm³/mol. The van der Waals surface area contributed by atoms with Crippen LogP contribution in [0.15, 0.2) is 36.4 Å². The van der Waals surface area contributed by atoms with Crippen LogP contribution < -0.4 is 16.4 Å². The standard InChI is InChI=1S/C16H32O2.C15H17FN4O2/c1-2-3-4-5-6-7-8-9-10-11-12-13-14-15-16(17)18;1-2-22-15(21)19-12-7-8-13(20-14(12)17)18-9-10-3-5-11(16)6-4-10/h2-15H2,1H3,(H,17,18);3-8H,2,9H2,1H3,(H,19,21)(H3,17,18,20). The SMILES string of the molecule is CCCCCCCCCCCCCCCC(=O)O.CCOC(=O)Nc1ccc(NCc2ccc(F)cc2)nc1N. The number of pyridine rings is 1. The Morgan fingerprint density at radius 3 is 1.90 bits per heavy atom. The van der Waals surface area contributed by atoms with Crippen molar-refractivity contribution in [3.8, 4) is 0 Å².